The van der Waals surface area contributed by atoms with E-state index >= 15 is 0 Å². The molecule has 16 heavy (non-hydrogen) atoms. The SMILES string of the molecule is O=C1CC=C(Cc2c(F)cccc2Cl)CC1. The van der Waals surface area contributed by atoms with E-state index in [1.807, 2.05) is 6.08 Å². The zero-order chi connectivity index (χ0) is 11.5. The number of Topliss-reactive ketones (excluding diaryl/α,β-unsaturated/α-hetero) is 1. The summed E-state index contributed by atoms with van der Waals surface area (Å²) in [6, 6.07) is 4.70. The molecular formula is C13H12ClFO. The first-order valence-corrected chi connectivity index (χ1v) is 5.67. The zero-order valence-electron chi connectivity index (χ0n) is 8.80. The molecule has 0 N–H and O–H groups in total. The Hall–Kier alpha value is -1.15. The van der Waals surface area contributed by atoms with Crippen LogP contribution < -0.4 is 0 Å². The highest BCUT2D eigenvalue weighted by atomic mass is 35.5. The minimum absolute atomic E-state index is 0.253. The van der Waals surface area contributed by atoms with E-state index in [0.717, 1.165) is 12.0 Å². The van der Waals surface area contributed by atoms with Crippen molar-refractivity contribution < 1.29 is 9.18 Å². The molecule has 1 aromatic rings. The van der Waals surface area contributed by atoms with Gasteiger partial charge < -0.3 is 0 Å². The summed E-state index contributed by atoms with van der Waals surface area (Å²) in [5, 5.41) is 0.456. The Kier molecular flexibility index (Phi) is 3.39. The smallest absolute Gasteiger partial charge is 0.136 e. The molecule has 1 nitrogen and oxygen atoms in total. The van der Waals surface area contributed by atoms with Gasteiger partial charge in [-0.3, -0.25) is 4.79 Å². The van der Waals surface area contributed by atoms with Crippen LogP contribution in [0, 0.1) is 5.82 Å². The fourth-order valence-corrected chi connectivity index (χ4v) is 2.08. The van der Waals surface area contributed by atoms with E-state index < -0.39 is 0 Å². The van der Waals surface area contributed by atoms with Crippen LogP contribution in [0.5, 0.6) is 0 Å². The maximum atomic E-state index is 13.5. The van der Waals surface area contributed by atoms with E-state index in [4.69, 9.17) is 11.6 Å². The van der Waals surface area contributed by atoms with E-state index in [1.165, 1.54) is 6.07 Å². The standard InChI is InChI=1S/C13H12ClFO/c14-12-2-1-3-13(15)11(12)8-9-4-6-10(16)7-5-9/h1-4H,5-8H2. The number of allylic oxidation sites excluding steroid dienone is 2. The Morgan fingerprint density at radius 1 is 1.31 bits per heavy atom. The van der Waals surface area contributed by atoms with Crippen molar-refractivity contribution in [3.05, 3.63) is 46.3 Å². The predicted octanol–water partition coefficient (Wildman–Crippen LogP) is 3.70. The van der Waals surface area contributed by atoms with Crippen LogP contribution in [0.2, 0.25) is 5.02 Å². The van der Waals surface area contributed by atoms with Crippen LogP contribution in [-0.4, -0.2) is 5.78 Å². The largest absolute Gasteiger partial charge is 0.299 e. The molecule has 0 aromatic heterocycles. The van der Waals surface area contributed by atoms with Gasteiger partial charge in [-0.2, -0.15) is 0 Å². The highest BCUT2D eigenvalue weighted by molar-refractivity contribution is 6.31. The van der Waals surface area contributed by atoms with Gasteiger partial charge in [-0.15, -0.1) is 0 Å². The molecule has 2 rings (SSSR count). The molecule has 84 valence electrons. The number of carbonyl (C=O) groups is 1. The third-order valence-corrected chi connectivity index (χ3v) is 3.16. The van der Waals surface area contributed by atoms with Crippen LogP contribution in [0.25, 0.3) is 0 Å². The van der Waals surface area contributed by atoms with Crippen molar-refractivity contribution in [2.45, 2.75) is 25.7 Å². The van der Waals surface area contributed by atoms with Crippen molar-refractivity contribution in [1.82, 2.24) is 0 Å². The molecule has 1 aliphatic rings. The first-order valence-electron chi connectivity index (χ1n) is 5.29. The Labute approximate surface area is 98.9 Å². The van der Waals surface area contributed by atoms with E-state index in [0.29, 0.717) is 29.8 Å². The fraction of sp³-hybridized carbons (Fsp3) is 0.308. The van der Waals surface area contributed by atoms with Crippen molar-refractivity contribution in [3.63, 3.8) is 0 Å². The van der Waals surface area contributed by atoms with Crippen LogP contribution in [-0.2, 0) is 11.2 Å². The predicted molar refractivity (Wildman–Crippen MR) is 62.1 cm³/mol. The Balaban J connectivity index is 2.18. The summed E-state index contributed by atoms with van der Waals surface area (Å²) < 4.78 is 13.5. The lowest BCUT2D eigenvalue weighted by Crippen LogP contribution is -2.06. The number of carbonyl (C=O) groups excluding carboxylic acids is 1. The van der Waals surface area contributed by atoms with Gasteiger partial charge >= 0.3 is 0 Å². The van der Waals surface area contributed by atoms with E-state index in [-0.39, 0.29) is 11.6 Å². The normalized spacial score (nSPS) is 16.1. The van der Waals surface area contributed by atoms with Crippen LogP contribution in [0.4, 0.5) is 4.39 Å². The molecule has 0 aliphatic heterocycles. The summed E-state index contributed by atoms with van der Waals surface area (Å²) in [5.41, 5.74) is 1.64. The Bertz CT molecular complexity index is 431. The molecule has 0 saturated carbocycles. The number of benzene rings is 1. The van der Waals surface area contributed by atoms with Gasteiger partial charge in [-0.1, -0.05) is 29.3 Å². The molecule has 0 heterocycles. The first kappa shape index (κ1) is 11.3. The third-order valence-electron chi connectivity index (χ3n) is 2.81. The van der Waals surface area contributed by atoms with Gasteiger partial charge in [0.15, 0.2) is 0 Å². The van der Waals surface area contributed by atoms with E-state index in [9.17, 15) is 9.18 Å². The summed E-state index contributed by atoms with van der Waals surface area (Å²) in [5.74, 6) is -0.0197. The second-order valence-electron chi connectivity index (χ2n) is 3.98. The molecule has 0 spiro atoms. The molecule has 0 atom stereocenters. The fourth-order valence-electron chi connectivity index (χ4n) is 1.85. The van der Waals surface area contributed by atoms with Crippen molar-refractivity contribution >= 4 is 17.4 Å². The number of rotatable bonds is 2. The lowest BCUT2D eigenvalue weighted by atomic mass is 9.93. The van der Waals surface area contributed by atoms with Crippen LogP contribution >= 0.6 is 11.6 Å². The average molecular weight is 239 g/mol. The lowest BCUT2D eigenvalue weighted by Gasteiger charge is -2.13. The number of ketones is 1. The quantitative estimate of drug-likeness (QED) is 0.718. The first-order chi connectivity index (χ1) is 7.66. The lowest BCUT2D eigenvalue weighted by molar-refractivity contribution is -0.118. The number of hydrogen-bond acceptors (Lipinski definition) is 1. The monoisotopic (exact) mass is 238 g/mol. The van der Waals surface area contributed by atoms with Crippen LogP contribution in [0.1, 0.15) is 24.8 Å². The highest BCUT2D eigenvalue weighted by Crippen LogP contribution is 2.25. The maximum Gasteiger partial charge on any atom is 0.136 e. The second-order valence-corrected chi connectivity index (χ2v) is 4.39. The van der Waals surface area contributed by atoms with Gasteiger partial charge in [0.2, 0.25) is 0 Å². The van der Waals surface area contributed by atoms with Gasteiger partial charge in [0, 0.05) is 23.4 Å². The molecule has 0 saturated heterocycles. The summed E-state index contributed by atoms with van der Waals surface area (Å²) in [6.07, 6.45) is 4.18. The molecule has 0 unspecified atom stereocenters. The van der Waals surface area contributed by atoms with Crippen LogP contribution in [0.3, 0.4) is 0 Å². The molecule has 1 aromatic carbocycles. The second kappa shape index (κ2) is 4.79. The molecule has 0 fully saturated rings. The number of hydrogen-bond donors (Lipinski definition) is 0. The van der Waals surface area contributed by atoms with Gasteiger partial charge in [0.1, 0.15) is 11.6 Å². The Morgan fingerprint density at radius 3 is 2.75 bits per heavy atom. The van der Waals surface area contributed by atoms with Gasteiger partial charge in [-0.25, -0.2) is 4.39 Å². The van der Waals surface area contributed by atoms with Crippen molar-refractivity contribution in [1.29, 1.82) is 0 Å². The van der Waals surface area contributed by atoms with Crippen LogP contribution in [0.15, 0.2) is 29.8 Å². The molecular weight excluding hydrogens is 227 g/mol. The van der Waals surface area contributed by atoms with Crippen molar-refractivity contribution in [2.24, 2.45) is 0 Å². The molecule has 3 heteroatoms. The topological polar surface area (TPSA) is 17.1 Å². The van der Waals surface area contributed by atoms with Gasteiger partial charge in [-0.05, 0) is 25.0 Å². The summed E-state index contributed by atoms with van der Waals surface area (Å²) in [4.78, 5) is 11.1. The highest BCUT2D eigenvalue weighted by Gasteiger charge is 2.14. The van der Waals surface area contributed by atoms with E-state index in [2.05, 4.69) is 0 Å². The summed E-state index contributed by atoms with van der Waals surface area (Å²) in [6.45, 7) is 0. The zero-order valence-corrected chi connectivity index (χ0v) is 9.56. The average Bonchev–Trinajstić information content (AvgIpc) is 2.26. The minimum atomic E-state index is -0.273. The van der Waals surface area contributed by atoms with Crippen molar-refractivity contribution in [2.75, 3.05) is 0 Å². The van der Waals surface area contributed by atoms with Gasteiger partial charge in [0.05, 0.1) is 0 Å². The molecule has 0 bridgehead atoms. The molecule has 0 amide bonds. The maximum absolute atomic E-state index is 13.5. The Morgan fingerprint density at radius 2 is 2.12 bits per heavy atom. The summed E-state index contributed by atoms with van der Waals surface area (Å²) >= 11 is 5.94. The summed E-state index contributed by atoms with van der Waals surface area (Å²) in [7, 11) is 0. The van der Waals surface area contributed by atoms with Gasteiger partial charge in [0.25, 0.3) is 0 Å². The molecule has 1 aliphatic carbocycles. The minimum Gasteiger partial charge on any atom is -0.299 e. The van der Waals surface area contributed by atoms with Crippen molar-refractivity contribution in [3.8, 4) is 0 Å². The number of halogens is 2. The third kappa shape index (κ3) is 2.50. The molecule has 0 radical (unpaired) electrons. The van der Waals surface area contributed by atoms with E-state index in [1.54, 1.807) is 12.1 Å².